The van der Waals surface area contributed by atoms with Gasteiger partial charge in [-0.25, -0.2) is 0 Å². The normalized spacial score (nSPS) is 36.4. The number of thioether (sulfide) groups is 1. The summed E-state index contributed by atoms with van der Waals surface area (Å²) >= 11 is 1.20. The molecule has 4 heteroatoms. The van der Waals surface area contributed by atoms with Crippen molar-refractivity contribution < 1.29 is 5.48 Å². The molecule has 1 aliphatic rings. The smallest absolute Gasteiger partial charge is 0.156 e. The molecule has 1 heterocycles. The van der Waals surface area contributed by atoms with E-state index in [1.807, 2.05) is 0 Å². The Kier molecular flexibility index (Phi) is 2.02. The molecule has 0 atom stereocenters. The Morgan fingerprint density at radius 2 is 2.75 bits per heavy atom. The minimum atomic E-state index is -2.15. The van der Waals surface area contributed by atoms with Crippen LogP contribution in [-0.2, 0) is 0 Å². The van der Waals surface area contributed by atoms with Gasteiger partial charge in [0.25, 0.3) is 0 Å². The summed E-state index contributed by atoms with van der Waals surface area (Å²) in [4.78, 5) is 3.52. The van der Waals surface area contributed by atoms with E-state index in [0.717, 1.165) is 0 Å². The molecule has 0 aliphatic carbocycles. The van der Waals surface area contributed by atoms with Gasteiger partial charge in [0.1, 0.15) is 0 Å². The molecule has 0 saturated carbocycles. The van der Waals surface area contributed by atoms with E-state index in [1.165, 1.54) is 11.8 Å². The van der Waals surface area contributed by atoms with Gasteiger partial charge in [-0.2, -0.15) is 0 Å². The largest absolute Gasteiger partial charge is 0.363 e. The van der Waals surface area contributed by atoms with Crippen LogP contribution < -0.4 is 5.32 Å². The zero-order chi connectivity index (χ0) is 8.70. The van der Waals surface area contributed by atoms with Crippen molar-refractivity contribution in [2.45, 2.75) is 0 Å². The van der Waals surface area contributed by atoms with E-state index in [-0.39, 0.29) is 24.0 Å². The third-order valence-electron chi connectivity index (χ3n) is 0.576. The molecule has 0 fully saturated rings. The van der Waals surface area contributed by atoms with Gasteiger partial charge in [-0.15, -0.1) is 24.0 Å². The molecule has 0 radical (unpaired) electrons. The van der Waals surface area contributed by atoms with E-state index in [4.69, 9.17) is 5.48 Å². The fraction of sp³-hybridized carbons (Fsp3) is 0.750. The van der Waals surface area contributed by atoms with Crippen LogP contribution in [-0.4, -0.2) is 24.4 Å². The highest BCUT2D eigenvalue weighted by atomic mass is 127. The lowest BCUT2D eigenvalue weighted by Crippen LogP contribution is -2.14. The Bertz CT molecular complexity index is 207. The molecule has 1 N–H and O–H groups in total. The number of nitrogens with one attached hydrogen (secondary N) is 1. The number of halogens is 1. The molecular weight excluding hydrogens is 235 g/mol. The molecule has 1 rings (SSSR count). The van der Waals surface area contributed by atoms with Crippen LogP contribution in [0.2, 0.25) is 0 Å². The van der Waals surface area contributed by atoms with E-state index in [2.05, 4.69) is 10.3 Å². The first-order valence-electron chi connectivity index (χ1n) is 3.81. The fourth-order valence-electron chi connectivity index (χ4n) is 0.285. The van der Waals surface area contributed by atoms with E-state index in [0.29, 0.717) is 5.17 Å². The summed E-state index contributed by atoms with van der Waals surface area (Å²) in [6.45, 7) is -4.23. The Morgan fingerprint density at radius 1 is 2.00 bits per heavy atom. The number of amidine groups is 1. The van der Waals surface area contributed by atoms with Crippen molar-refractivity contribution in [1.29, 1.82) is 0 Å². The van der Waals surface area contributed by atoms with Crippen molar-refractivity contribution in [2.24, 2.45) is 4.99 Å². The van der Waals surface area contributed by atoms with Crippen LogP contribution in [0.5, 0.6) is 0 Å². The van der Waals surface area contributed by atoms with Crippen LogP contribution in [0.15, 0.2) is 4.99 Å². The summed E-state index contributed by atoms with van der Waals surface area (Å²) in [5.41, 5.74) is 0. The lowest BCUT2D eigenvalue weighted by atomic mass is 10.7. The van der Waals surface area contributed by atoms with Gasteiger partial charge in [-0.1, -0.05) is 11.8 Å². The van der Waals surface area contributed by atoms with Crippen LogP contribution in [0, 0.1) is 0 Å². The molecule has 2 nitrogen and oxygen atoms in total. The van der Waals surface area contributed by atoms with Gasteiger partial charge in [0, 0.05) is 6.50 Å². The molecule has 48 valence electrons. The predicted octanol–water partition coefficient (Wildman–Crippen LogP) is 0.927. The Labute approximate surface area is 76.2 Å². The van der Waals surface area contributed by atoms with Gasteiger partial charge < -0.3 is 5.32 Å². The fourth-order valence-corrected chi connectivity index (χ4v) is 0.575. The number of hydrogen-bond donors (Lipinski definition) is 1. The van der Waals surface area contributed by atoms with Crippen LogP contribution >= 0.6 is 35.7 Å². The maximum atomic E-state index is 7.18. The molecule has 0 aromatic carbocycles. The highest BCUT2D eigenvalue weighted by Crippen LogP contribution is 1.97. The Balaban J connectivity index is 0.00000121. The molecule has 0 aromatic rings. The van der Waals surface area contributed by atoms with Crippen molar-refractivity contribution in [3.8, 4) is 0 Å². The quantitative estimate of drug-likeness (QED) is 0.645. The van der Waals surface area contributed by atoms with Crippen LogP contribution in [0.3, 0.4) is 0 Å². The van der Waals surface area contributed by atoms with E-state index in [9.17, 15) is 0 Å². The molecule has 8 heavy (non-hydrogen) atoms. The first-order chi connectivity index (χ1) is 4.89. The van der Waals surface area contributed by atoms with Crippen molar-refractivity contribution in [2.75, 3.05) is 19.2 Å². The highest BCUT2D eigenvalue weighted by molar-refractivity contribution is 14.0. The average molecular weight is 248 g/mol. The van der Waals surface area contributed by atoms with Gasteiger partial charge >= 0.3 is 0 Å². The van der Waals surface area contributed by atoms with Gasteiger partial charge in [-0.05, 0) is 6.26 Å². The minimum absolute atomic E-state index is 0. The summed E-state index contributed by atoms with van der Waals surface area (Å²) in [6, 6.07) is 0. The van der Waals surface area contributed by atoms with E-state index < -0.39 is 13.0 Å². The van der Waals surface area contributed by atoms with Gasteiger partial charge in [0.2, 0.25) is 0 Å². The lowest BCUT2D eigenvalue weighted by Gasteiger charge is -1.91. The van der Waals surface area contributed by atoms with Crippen molar-refractivity contribution in [3.05, 3.63) is 0 Å². The van der Waals surface area contributed by atoms with Crippen LogP contribution in [0.4, 0.5) is 0 Å². The van der Waals surface area contributed by atoms with Crippen LogP contribution in [0.25, 0.3) is 0 Å². The van der Waals surface area contributed by atoms with Crippen LogP contribution in [0.1, 0.15) is 5.48 Å². The number of hydrogen-bond acceptors (Lipinski definition) is 3. The zero-order valence-corrected chi connectivity index (χ0v) is 7.41. The molecule has 1 aliphatic heterocycles. The highest BCUT2D eigenvalue weighted by Gasteiger charge is 1.99. The molecular formula is C4H9IN2S. The third-order valence-corrected chi connectivity index (χ3v) is 1.16. The summed E-state index contributed by atoms with van der Waals surface area (Å²) in [5, 5.41) is 2.65. The topological polar surface area (TPSA) is 24.4 Å². The second-order valence-electron chi connectivity index (χ2n) is 0.983. The Morgan fingerprint density at radius 3 is 3.00 bits per heavy atom. The second kappa shape index (κ2) is 4.43. The van der Waals surface area contributed by atoms with Gasteiger partial charge in [0.05, 0.1) is 12.0 Å². The first kappa shape index (κ1) is 3.65. The van der Waals surface area contributed by atoms with E-state index >= 15 is 0 Å². The molecule has 0 bridgehead atoms. The number of nitrogens with zero attached hydrogens (tertiary/aromatic N) is 1. The van der Waals surface area contributed by atoms with Gasteiger partial charge in [-0.3, -0.25) is 4.99 Å². The molecule has 0 aromatic heterocycles. The van der Waals surface area contributed by atoms with E-state index in [1.54, 1.807) is 6.26 Å². The zero-order valence-electron chi connectivity index (χ0n) is 8.26. The maximum Gasteiger partial charge on any atom is 0.156 e. The predicted molar refractivity (Wildman–Crippen MR) is 49.2 cm³/mol. The monoisotopic (exact) mass is 248 g/mol. The summed E-state index contributed by atoms with van der Waals surface area (Å²) in [5.74, 6) is 0. The lowest BCUT2D eigenvalue weighted by molar-refractivity contribution is 0.963. The first-order valence-corrected chi connectivity index (χ1v) is 3.03. The SMILES string of the molecule is I.[2H]C1([2H])N=C(SC)NC1([2H])[2H]. The molecule has 0 spiro atoms. The van der Waals surface area contributed by atoms with Crippen molar-refractivity contribution in [1.82, 2.24) is 5.32 Å². The van der Waals surface area contributed by atoms with Gasteiger partial charge in [0.15, 0.2) is 5.17 Å². The molecule has 0 saturated heterocycles. The Hall–Kier alpha value is 0.550. The summed E-state index contributed by atoms with van der Waals surface area (Å²) in [6.07, 6.45) is 1.71. The van der Waals surface area contributed by atoms with Crippen molar-refractivity contribution in [3.63, 3.8) is 0 Å². The standard InChI is InChI=1S/C4H8N2S.HI/c1-7-4-5-2-3-6-4;/h2-3H2,1H3,(H,5,6);1H/i2D2,3D2;. The third kappa shape index (κ3) is 2.21. The minimum Gasteiger partial charge on any atom is -0.363 e. The molecule has 0 amide bonds. The molecule has 0 unspecified atom stereocenters. The summed E-state index contributed by atoms with van der Waals surface area (Å²) < 4.78 is 28.7. The average Bonchev–Trinajstić information content (AvgIpc) is 2.03. The number of aliphatic imine (C=N–C) groups is 1. The summed E-state index contributed by atoms with van der Waals surface area (Å²) in [7, 11) is 0. The maximum absolute atomic E-state index is 7.18. The number of rotatable bonds is 0. The van der Waals surface area contributed by atoms with Crippen molar-refractivity contribution >= 4 is 40.9 Å². The second-order valence-corrected chi connectivity index (χ2v) is 1.78.